The molecule has 0 atom stereocenters. The number of hydrogen-bond donors (Lipinski definition) is 2. The largest absolute Gasteiger partial charge is 0.356 e. The number of aryl methyl sites for hydroxylation is 3. The van der Waals surface area contributed by atoms with Crippen LogP contribution in [-0.4, -0.2) is 38.7 Å². The molecule has 1 aliphatic heterocycles. The predicted octanol–water partition coefficient (Wildman–Crippen LogP) is 0.865. The van der Waals surface area contributed by atoms with Crippen LogP contribution >= 0.6 is 0 Å². The van der Waals surface area contributed by atoms with E-state index in [1.807, 2.05) is 4.68 Å². The lowest BCUT2D eigenvalue weighted by Crippen LogP contribution is -2.28. The minimum absolute atomic E-state index is 0.0620. The Morgan fingerprint density at radius 3 is 3.12 bits per heavy atom. The molecule has 0 saturated carbocycles. The quantitative estimate of drug-likeness (QED) is 0.804. The second-order valence-corrected chi connectivity index (χ2v) is 7.13. The summed E-state index contributed by atoms with van der Waals surface area (Å²) in [6.07, 6.45) is 5.17. The molecular weight excluding hydrogens is 328 g/mol. The van der Waals surface area contributed by atoms with Gasteiger partial charge in [0.25, 0.3) is 0 Å². The Kier molecular flexibility index (Phi) is 4.97. The van der Waals surface area contributed by atoms with Gasteiger partial charge in [-0.1, -0.05) is 0 Å². The summed E-state index contributed by atoms with van der Waals surface area (Å²) in [5, 5.41) is 10.9. The summed E-state index contributed by atoms with van der Waals surface area (Å²) in [5.41, 5.74) is 5.84. The Bertz CT molecular complexity index is 789. The van der Waals surface area contributed by atoms with E-state index >= 15 is 0 Å². The van der Waals surface area contributed by atoms with E-state index in [2.05, 4.69) is 38.7 Å². The molecule has 0 aromatic carbocycles. The van der Waals surface area contributed by atoms with Gasteiger partial charge in [0.15, 0.2) is 0 Å². The molecule has 2 aromatic rings. The van der Waals surface area contributed by atoms with E-state index < -0.39 is 0 Å². The van der Waals surface area contributed by atoms with Crippen LogP contribution in [0, 0.1) is 6.92 Å². The average molecular weight is 354 g/mol. The molecule has 2 aliphatic rings. The van der Waals surface area contributed by atoms with Crippen LogP contribution in [0.25, 0.3) is 0 Å². The van der Waals surface area contributed by atoms with Gasteiger partial charge in [0.1, 0.15) is 5.82 Å². The lowest BCUT2D eigenvalue weighted by molar-refractivity contribution is -0.121. The first kappa shape index (κ1) is 17.1. The van der Waals surface area contributed by atoms with E-state index in [4.69, 9.17) is 0 Å². The molecule has 0 bridgehead atoms. The van der Waals surface area contributed by atoms with Gasteiger partial charge in [-0.25, -0.2) is 9.97 Å². The second-order valence-electron chi connectivity index (χ2n) is 7.13. The highest BCUT2D eigenvalue weighted by Gasteiger charge is 2.17. The maximum absolute atomic E-state index is 12.1. The van der Waals surface area contributed by atoms with Crippen LogP contribution in [0.4, 0.5) is 0 Å². The number of carbonyl (C=O) groups excluding carboxylic acids is 1. The maximum Gasteiger partial charge on any atom is 0.220 e. The zero-order chi connectivity index (χ0) is 17.9. The van der Waals surface area contributed by atoms with Crippen molar-refractivity contribution in [1.29, 1.82) is 0 Å². The summed E-state index contributed by atoms with van der Waals surface area (Å²) in [7, 11) is 0. The molecule has 4 rings (SSSR count). The molecule has 2 N–H and O–H groups in total. The number of rotatable bonds is 6. The Morgan fingerprint density at radius 2 is 2.23 bits per heavy atom. The molecule has 0 spiro atoms. The van der Waals surface area contributed by atoms with E-state index in [0.29, 0.717) is 25.8 Å². The molecule has 3 heterocycles. The standard InChI is InChI=1S/C19H26N6O/c1-13-16-3-2-4-17(16)23-18(22-13)7-8-21-19(26)6-5-14-11-15-12-20-9-10-25(15)24-14/h11,20H,2-10,12H2,1H3,(H,21,26). The average Bonchev–Trinajstić information content (AvgIpc) is 3.26. The highest BCUT2D eigenvalue weighted by Crippen LogP contribution is 2.22. The zero-order valence-electron chi connectivity index (χ0n) is 15.3. The van der Waals surface area contributed by atoms with Crippen LogP contribution in [0.5, 0.6) is 0 Å². The van der Waals surface area contributed by atoms with Gasteiger partial charge in [0, 0.05) is 50.3 Å². The van der Waals surface area contributed by atoms with Crippen molar-refractivity contribution in [2.75, 3.05) is 13.1 Å². The number of carbonyl (C=O) groups is 1. The Hall–Kier alpha value is -2.28. The fourth-order valence-electron chi connectivity index (χ4n) is 3.81. The molecule has 0 fully saturated rings. The van der Waals surface area contributed by atoms with Crippen LogP contribution in [0.2, 0.25) is 0 Å². The van der Waals surface area contributed by atoms with Crippen LogP contribution in [0.3, 0.4) is 0 Å². The molecule has 1 aliphatic carbocycles. The minimum Gasteiger partial charge on any atom is -0.356 e. The molecule has 0 radical (unpaired) electrons. The number of nitrogens with zero attached hydrogens (tertiary/aromatic N) is 4. The lowest BCUT2D eigenvalue weighted by Gasteiger charge is -2.13. The van der Waals surface area contributed by atoms with Crippen molar-refractivity contribution >= 4 is 5.91 Å². The van der Waals surface area contributed by atoms with Crippen molar-refractivity contribution in [2.45, 2.75) is 58.5 Å². The molecule has 0 saturated heterocycles. The molecular formula is C19H26N6O. The van der Waals surface area contributed by atoms with Crippen LogP contribution in [-0.2, 0) is 43.6 Å². The molecule has 26 heavy (non-hydrogen) atoms. The normalized spacial score (nSPS) is 15.6. The van der Waals surface area contributed by atoms with Gasteiger partial charge in [-0.2, -0.15) is 5.10 Å². The van der Waals surface area contributed by atoms with Crippen molar-refractivity contribution < 1.29 is 4.79 Å². The molecule has 7 heteroatoms. The van der Waals surface area contributed by atoms with Gasteiger partial charge >= 0.3 is 0 Å². The van der Waals surface area contributed by atoms with Crippen molar-refractivity contribution in [3.8, 4) is 0 Å². The predicted molar refractivity (Wildman–Crippen MR) is 97.8 cm³/mol. The SMILES string of the molecule is Cc1nc(CCNC(=O)CCc2cc3n(n2)CCNC3)nc2c1CCC2. The first-order chi connectivity index (χ1) is 12.7. The fraction of sp³-hybridized carbons (Fsp3) is 0.579. The first-order valence-corrected chi connectivity index (χ1v) is 9.57. The van der Waals surface area contributed by atoms with Crippen molar-refractivity contribution in [3.63, 3.8) is 0 Å². The molecule has 0 unspecified atom stereocenters. The Morgan fingerprint density at radius 1 is 1.31 bits per heavy atom. The number of fused-ring (bicyclic) bond motifs is 2. The van der Waals surface area contributed by atoms with Crippen molar-refractivity contribution in [2.24, 2.45) is 0 Å². The lowest BCUT2D eigenvalue weighted by atomic mass is 10.2. The van der Waals surface area contributed by atoms with Crippen LogP contribution in [0.1, 0.15) is 47.0 Å². The van der Waals surface area contributed by atoms with Crippen molar-refractivity contribution in [3.05, 3.63) is 40.2 Å². The molecule has 1 amide bonds. The van der Waals surface area contributed by atoms with Gasteiger partial charge in [0.2, 0.25) is 5.91 Å². The topological polar surface area (TPSA) is 84.7 Å². The smallest absolute Gasteiger partial charge is 0.220 e. The zero-order valence-corrected chi connectivity index (χ0v) is 15.3. The summed E-state index contributed by atoms with van der Waals surface area (Å²) < 4.78 is 2.04. The van der Waals surface area contributed by atoms with Crippen LogP contribution < -0.4 is 10.6 Å². The summed E-state index contributed by atoms with van der Waals surface area (Å²) >= 11 is 0. The number of hydrogen-bond acceptors (Lipinski definition) is 5. The van der Waals surface area contributed by atoms with E-state index in [0.717, 1.165) is 49.7 Å². The van der Waals surface area contributed by atoms with Gasteiger partial charge in [-0.05, 0) is 37.8 Å². The third kappa shape index (κ3) is 3.77. The van der Waals surface area contributed by atoms with Gasteiger partial charge in [-0.15, -0.1) is 0 Å². The summed E-state index contributed by atoms with van der Waals surface area (Å²) in [4.78, 5) is 21.4. The second kappa shape index (κ2) is 7.53. The summed E-state index contributed by atoms with van der Waals surface area (Å²) in [5.74, 6) is 0.907. The van der Waals surface area contributed by atoms with Gasteiger partial charge in [0.05, 0.1) is 17.9 Å². The van der Waals surface area contributed by atoms with E-state index in [-0.39, 0.29) is 5.91 Å². The Balaban J connectivity index is 1.23. The monoisotopic (exact) mass is 354 g/mol. The summed E-state index contributed by atoms with van der Waals surface area (Å²) in [6, 6.07) is 2.10. The fourth-order valence-corrected chi connectivity index (χ4v) is 3.81. The molecule has 7 nitrogen and oxygen atoms in total. The van der Waals surface area contributed by atoms with Crippen LogP contribution in [0.15, 0.2) is 6.07 Å². The first-order valence-electron chi connectivity index (χ1n) is 9.57. The van der Waals surface area contributed by atoms with E-state index in [9.17, 15) is 4.79 Å². The third-order valence-corrected chi connectivity index (χ3v) is 5.19. The maximum atomic E-state index is 12.1. The molecule has 2 aromatic heterocycles. The molecule has 138 valence electrons. The Labute approximate surface area is 153 Å². The minimum atomic E-state index is 0.0620. The van der Waals surface area contributed by atoms with Gasteiger partial charge < -0.3 is 10.6 Å². The van der Waals surface area contributed by atoms with E-state index in [1.54, 1.807) is 0 Å². The summed E-state index contributed by atoms with van der Waals surface area (Å²) in [6.45, 7) is 5.37. The highest BCUT2D eigenvalue weighted by molar-refractivity contribution is 5.76. The van der Waals surface area contributed by atoms with Gasteiger partial charge in [-0.3, -0.25) is 9.48 Å². The number of aromatic nitrogens is 4. The number of nitrogens with one attached hydrogen (secondary N) is 2. The number of amides is 1. The third-order valence-electron chi connectivity index (χ3n) is 5.19. The highest BCUT2D eigenvalue weighted by atomic mass is 16.1. The van der Waals surface area contributed by atoms with Crippen molar-refractivity contribution in [1.82, 2.24) is 30.4 Å². The van der Waals surface area contributed by atoms with E-state index in [1.165, 1.54) is 23.4 Å².